The number of hydrogen-bond acceptors (Lipinski definition) is 4. The Bertz CT molecular complexity index is 801. The summed E-state index contributed by atoms with van der Waals surface area (Å²) in [6.45, 7) is 3.98. The summed E-state index contributed by atoms with van der Waals surface area (Å²) in [6, 6.07) is 8.59. The van der Waals surface area contributed by atoms with E-state index in [0.717, 1.165) is 43.8 Å². The van der Waals surface area contributed by atoms with Gasteiger partial charge in [-0.25, -0.2) is 0 Å². The van der Waals surface area contributed by atoms with Crippen molar-refractivity contribution in [3.05, 3.63) is 47.0 Å². The topological polar surface area (TPSA) is 69.0 Å². The lowest BCUT2D eigenvalue weighted by Gasteiger charge is -2.26. The van der Waals surface area contributed by atoms with E-state index in [4.69, 9.17) is 4.74 Å². The van der Waals surface area contributed by atoms with E-state index in [2.05, 4.69) is 44.3 Å². The Hall–Kier alpha value is -2.21. The molecule has 1 aromatic carbocycles. The highest BCUT2D eigenvalue weighted by molar-refractivity contribution is 5.78. The van der Waals surface area contributed by atoms with Gasteiger partial charge in [0.05, 0.1) is 12.0 Å². The fraction of sp³-hybridized carbons (Fsp3) is 0.571. The molecule has 144 valence electrons. The van der Waals surface area contributed by atoms with Crippen LogP contribution in [0.5, 0.6) is 0 Å². The molecule has 2 aliphatic rings. The maximum Gasteiger partial charge on any atom is 0.224 e. The van der Waals surface area contributed by atoms with Gasteiger partial charge in [-0.2, -0.15) is 0 Å². The summed E-state index contributed by atoms with van der Waals surface area (Å²) in [7, 11) is 0. The number of hydrogen-bond donors (Lipinski definition) is 1. The van der Waals surface area contributed by atoms with Crippen molar-refractivity contribution in [2.24, 2.45) is 5.92 Å². The Balaban J connectivity index is 1.19. The van der Waals surface area contributed by atoms with Gasteiger partial charge in [-0.3, -0.25) is 4.79 Å². The molecule has 0 spiro atoms. The average molecular weight is 368 g/mol. The van der Waals surface area contributed by atoms with Gasteiger partial charge in [0, 0.05) is 26.1 Å². The Labute approximate surface area is 160 Å². The minimum Gasteiger partial charge on any atom is -0.373 e. The molecule has 2 atom stereocenters. The van der Waals surface area contributed by atoms with Crippen LogP contribution in [0.25, 0.3) is 0 Å². The molecule has 0 saturated carbocycles. The molecule has 0 saturated heterocycles. The second-order valence-electron chi connectivity index (χ2n) is 7.60. The van der Waals surface area contributed by atoms with Crippen LogP contribution in [-0.4, -0.2) is 33.8 Å². The van der Waals surface area contributed by atoms with Crippen LogP contribution >= 0.6 is 0 Å². The van der Waals surface area contributed by atoms with Crippen molar-refractivity contribution in [1.82, 2.24) is 20.1 Å². The van der Waals surface area contributed by atoms with Crippen molar-refractivity contribution < 1.29 is 9.53 Å². The molecule has 0 fully saturated rings. The first-order valence-electron chi connectivity index (χ1n) is 10.1. The normalized spacial score (nSPS) is 21.4. The number of carbonyl (C=O) groups excluding carboxylic acids is 1. The molecule has 1 aromatic heterocycles. The van der Waals surface area contributed by atoms with E-state index < -0.39 is 0 Å². The second-order valence-corrected chi connectivity index (χ2v) is 7.60. The number of aryl methyl sites for hydroxylation is 3. The molecule has 1 aliphatic heterocycles. The van der Waals surface area contributed by atoms with Crippen molar-refractivity contribution in [2.45, 2.75) is 58.1 Å². The Morgan fingerprint density at radius 3 is 3.07 bits per heavy atom. The highest BCUT2D eigenvalue weighted by Crippen LogP contribution is 2.32. The zero-order chi connectivity index (χ0) is 18.6. The predicted molar refractivity (Wildman–Crippen MR) is 102 cm³/mol. The summed E-state index contributed by atoms with van der Waals surface area (Å²) >= 11 is 0. The van der Waals surface area contributed by atoms with Crippen LogP contribution in [0.15, 0.2) is 24.3 Å². The Kier molecular flexibility index (Phi) is 5.53. The van der Waals surface area contributed by atoms with Gasteiger partial charge < -0.3 is 14.6 Å². The predicted octanol–water partition coefficient (Wildman–Crippen LogP) is 2.75. The van der Waals surface area contributed by atoms with E-state index in [1.807, 2.05) is 6.92 Å². The van der Waals surface area contributed by atoms with Gasteiger partial charge in [0.15, 0.2) is 0 Å². The lowest BCUT2D eigenvalue weighted by molar-refractivity contribution is -0.126. The maximum atomic E-state index is 12.5. The first-order chi connectivity index (χ1) is 13.2. The minimum atomic E-state index is 0.0124. The number of nitrogens with one attached hydrogen (secondary N) is 1. The van der Waals surface area contributed by atoms with Gasteiger partial charge in [0.1, 0.15) is 11.6 Å². The van der Waals surface area contributed by atoms with Crippen molar-refractivity contribution in [3.63, 3.8) is 0 Å². The zero-order valence-corrected chi connectivity index (χ0v) is 16.0. The number of fused-ring (bicyclic) bond motifs is 2. The van der Waals surface area contributed by atoms with Crippen molar-refractivity contribution >= 4 is 5.91 Å². The van der Waals surface area contributed by atoms with E-state index >= 15 is 0 Å². The third-order valence-corrected chi connectivity index (χ3v) is 5.76. The molecule has 1 amide bonds. The molecule has 2 aromatic rings. The Morgan fingerprint density at radius 2 is 2.15 bits per heavy atom. The Morgan fingerprint density at radius 1 is 1.26 bits per heavy atom. The van der Waals surface area contributed by atoms with Crippen LogP contribution in [0, 0.1) is 12.8 Å². The zero-order valence-electron chi connectivity index (χ0n) is 16.0. The first-order valence-corrected chi connectivity index (χ1v) is 10.1. The van der Waals surface area contributed by atoms with Crippen LogP contribution in [0.4, 0.5) is 0 Å². The first kappa shape index (κ1) is 18.2. The molecule has 2 heterocycles. The average Bonchev–Trinajstić information content (AvgIpc) is 3.08. The van der Waals surface area contributed by atoms with Gasteiger partial charge >= 0.3 is 0 Å². The van der Waals surface area contributed by atoms with E-state index in [9.17, 15) is 4.79 Å². The molecule has 27 heavy (non-hydrogen) atoms. The van der Waals surface area contributed by atoms with Gasteiger partial charge in [0.2, 0.25) is 5.91 Å². The van der Waals surface area contributed by atoms with Crippen molar-refractivity contribution in [2.75, 3.05) is 13.2 Å². The fourth-order valence-corrected chi connectivity index (χ4v) is 4.21. The highest BCUT2D eigenvalue weighted by atomic mass is 16.5. The molecule has 4 rings (SSSR count). The summed E-state index contributed by atoms with van der Waals surface area (Å²) < 4.78 is 8.18. The third kappa shape index (κ3) is 4.05. The standard InChI is InChI=1S/C21H28N4O2/c1-15-23-24-20-11-10-17(14-25(15)20)21(26)22-12-5-13-27-19-9-4-7-16-6-2-3-8-18(16)19/h2-3,6,8,17,19H,4-5,7,9-14H2,1H3,(H,22,26)/t17-,19+/m1/s1. The number of amides is 1. The van der Waals surface area contributed by atoms with Gasteiger partial charge in [-0.1, -0.05) is 24.3 Å². The molecule has 1 aliphatic carbocycles. The lowest BCUT2D eigenvalue weighted by atomic mass is 9.89. The number of nitrogens with zero attached hydrogens (tertiary/aromatic N) is 3. The van der Waals surface area contributed by atoms with Crippen LogP contribution in [-0.2, 0) is 28.9 Å². The van der Waals surface area contributed by atoms with Crippen molar-refractivity contribution in [1.29, 1.82) is 0 Å². The smallest absolute Gasteiger partial charge is 0.224 e. The van der Waals surface area contributed by atoms with Crippen molar-refractivity contribution in [3.8, 4) is 0 Å². The lowest BCUT2D eigenvalue weighted by Crippen LogP contribution is -2.37. The molecule has 1 N–H and O–H groups in total. The fourth-order valence-electron chi connectivity index (χ4n) is 4.21. The summed E-state index contributed by atoms with van der Waals surface area (Å²) in [4.78, 5) is 12.5. The van der Waals surface area contributed by atoms with Gasteiger partial charge in [-0.05, 0) is 50.2 Å². The molecule has 0 radical (unpaired) electrons. The largest absolute Gasteiger partial charge is 0.373 e. The summed E-state index contributed by atoms with van der Waals surface area (Å²) in [5.74, 6) is 2.04. The number of ether oxygens (including phenoxy) is 1. The van der Waals surface area contributed by atoms with Gasteiger partial charge in [0.25, 0.3) is 0 Å². The minimum absolute atomic E-state index is 0.0124. The van der Waals surface area contributed by atoms with E-state index in [1.165, 1.54) is 17.5 Å². The van der Waals surface area contributed by atoms with Crippen LogP contribution in [0.1, 0.15) is 54.6 Å². The molecule has 6 heteroatoms. The molecule has 0 unspecified atom stereocenters. The SMILES string of the molecule is Cc1nnc2n1C[C@H](C(=O)NCCCO[C@H]1CCCc3ccccc31)CC2. The van der Waals surface area contributed by atoms with E-state index in [0.29, 0.717) is 19.7 Å². The number of carbonyl (C=O) groups is 1. The summed E-state index contributed by atoms with van der Waals surface area (Å²) in [5, 5.41) is 11.3. The van der Waals surface area contributed by atoms with Crippen LogP contribution in [0.2, 0.25) is 0 Å². The monoisotopic (exact) mass is 368 g/mol. The van der Waals surface area contributed by atoms with Gasteiger partial charge in [-0.15, -0.1) is 10.2 Å². The molecule has 0 bridgehead atoms. The van der Waals surface area contributed by atoms with Crippen LogP contribution < -0.4 is 5.32 Å². The maximum absolute atomic E-state index is 12.5. The van der Waals surface area contributed by atoms with E-state index in [-0.39, 0.29) is 17.9 Å². The van der Waals surface area contributed by atoms with Crippen LogP contribution in [0.3, 0.4) is 0 Å². The second kappa shape index (κ2) is 8.21. The third-order valence-electron chi connectivity index (χ3n) is 5.76. The number of rotatable bonds is 6. The summed E-state index contributed by atoms with van der Waals surface area (Å²) in [6.07, 6.45) is 6.15. The number of benzene rings is 1. The summed E-state index contributed by atoms with van der Waals surface area (Å²) in [5.41, 5.74) is 2.76. The van der Waals surface area contributed by atoms with E-state index in [1.54, 1.807) is 0 Å². The molecular formula is C21H28N4O2. The molecular weight excluding hydrogens is 340 g/mol. The number of aromatic nitrogens is 3. The molecule has 6 nitrogen and oxygen atoms in total. The quantitative estimate of drug-likeness (QED) is 0.796. The highest BCUT2D eigenvalue weighted by Gasteiger charge is 2.26.